The smallest absolute Gasteiger partial charge is 0.487 e. The molecule has 2 amide bonds. The molecule has 1 aliphatic rings. The maximum Gasteiger partial charge on any atom is 0.487 e. The minimum atomic E-state index is -3.84. The van der Waals surface area contributed by atoms with Crippen LogP contribution in [0.4, 0.5) is 20.2 Å². The molecule has 3 aromatic carbocycles. The van der Waals surface area contributed by atoms with Crippen LogP contribution in [0.25, 0.3) is 0 Å². The van der Waals surface area contributed by atoms with Gasteiger partial charge in [-0.1, -0.05) is 42.1 Å². The summed E-state index contributed by atoms with van der Waals surface area (Å²) in [7, 11) is 0. The second-order valence-corrected chi connectivity index (χ2v) is 9.77. The molecule has 1 atom stereocenters. The average molecular weight is 560 g/mol. The largest absolute Gasteiger partial charge is 0.494 e. The quantitative estimate of drug-likeness (QED) is 0.306. The van der Waals surface area contributed by atoms with Gasteiger partial charge < -0.3 is 14.8 Å². The van der Waals surface area contributed by atoms with Crippen LogP contribution in [0.3, 0.4) is 0 Å². The van der Waals surface area contributed by atoms with Gasteiger partial charge in [0.15, 0.2) is 5.17 Å². The molecule has 1 saturated heterocycles. The van der Waals surface area contributed by atoms with Crippen LogP contribution in [0.5, 0.6) is 11.5 Å². The van der Waals surface area contributed by atoms with E-state index in [1.54, 1.807) is 24.3 Å². The molecule has 1 aliphatic heterocycles. The number of hydrogen-bond acceptors (Lipinski definition) is 6. The summed E-state index contributed by atoms with van der Waals surface area (Å²) in [5.74, 6) is -0.0625. The fourth-order valence-electron chi connectivity index (χ4n) is 3.62. The van der Waals surface area contributed by atoms with Crippen molar-refractivity contribution in [1.82, 2.24) is 4.90 Å². The minimum absolute atomic E-state index is 0.0169. The number of nitrogens with zero attached hydrogens (tertiary/aromatic N) is 2. The molecular formula is C27H24ClF2N3O4S. The van der Waals surface area contributed by atoms with Gasteiger partial charge in [-0.05, 0) is 61.0 Å². The topological polar surface area (TPSA) is 80.2 Å². The lowest BCUT2D eigenvalue weighted by Crippen LogP contribution is -2.44. The van der Waals surface area contributed by atoms with Crippen LogP contribution in [0, 0.1) is 0 Å². The average Bonchev–Trinajstić information content (AvgIpc) is 2.88. The van der Waals surface area contributed by atoms with E-state index in [1.807, 2.05) is 37.3 Å². The molecule has 4 rings (SSSR count). The Morgan fingerprint density at radius 3 is 2.37 bits per heavy atom. The third-order valence-electron chi connectivity index (χ3n) is 5.34. The number of carbonyl (C=O) groups is 2. The third-order valence-corrected chi connectivity index (χ3v) is 6.61. The van der Waals surface area contributed by atoms with E-state index in [2.05, 4.69) is 15.0 Å². The van der Waals surface area contributed by atoms with E-state index in [1.165, 1.54) is 29.2 Å². The second kappa shape index (κ2) is 12.3. The highest BCUT2D eigenvalue weighted by atomic mass is 35.5. The first-order valence-electron chi connectivity index (χ1n) is 11.7. The summed E-state index contributed by atoms with van der Waals surface area (Å²) < 4.78 is 35.6. The number of amides is 2. The van der Waals surface area contributed by atoms with Crippen molar-refractivity contribution in [3.05, 3.63) is 84.4 Å². The molecule has 198 valence electrons. The number of halogens is 3. The zero-order chi connectivity index (χ0) is 27.1. The predicted octanol–water partition coefficient (Wildman–Crippen LogP) is 6.41. The van der Waals surface area contributed by atoms with Crippen LogP contribution >= 0.6 is 23.4 Å². The van der Waals surface area contributed by atoms with E-state index in [0.717, 1.165) is 17.3 Å². The number of alkyl halides is 3. The zero-order valence-electron chi connectivity index (χ0n) is 20.3. The number of thioether (sulfide) groups is 1. The SMILES string of the molecule is CCOc1ccc(NC(=O)[C@@H]2CC(=O)N(Cc3ccccc3)C(=Nc3ccc(OC(F)(F)Cl)cc3)S2)cc1. The van der Waals surface area contributed by atoms with Crippen LogP contribution in [0.1, 0.15) is 18.9 Å². The summed E-state index contributed by atoms with van der Waals surface area (Å²) >= 11 is 5.98. The number of hydrogen-bond donors (Lipinski definition) is 1. The highest BCUT2D eigenvalue weighted by Crippen LogP contribution is 2.32. The van der Waals surface area contributed by atoms with E-state index < -0.39 is 10.8 Å². The lowest BCUT2D eigenvalue weighted by molar-refractivity contribution is -0.129. The Morgan fingerprint density at radius 1 is 1.08 bits per heavy atom. The fraction of sp³-hybridized carbons (Fsp3) is 0.222. The van der Waals surface area contributed by atoms with E-state index in [-0.39, 0.29) is 30.5 Å². The van der Waals surface area contributed by atoms with Crippen LogP contribution in [-0.4, -0.2) is 39.3 Å². The normalized spacial score (nSPS) is 16.8. The Hall–Kier alpha value is -3.63. The summed E-state index contributed by atoms with van der Waals surface area (Å²) in [6, 6.07) is 21.8. The number of benzene rings is 3. The summed E-state index contributed by atoms with van der Waals surface area (Å²) in [6.45, 7) is 2.68. The summed E-state index contributed by atoms with van der Waals surface area (Å²) in [5, 5.41) is 2.43. The molecule has 11 heteroatoms. The molecule has 0 radical (unpaired) electrons. The highest BCUT2D eigenvalue weighted by Gasteiger charge is 2.36. The van der Waals surface area contributed by atoms with E-state index in [4.69, 9.17) is 16.3 Å². The molecule has 1 fully saturated rings. The first-order chi connectivity index (χ1) is 18.2. The lowest BCUT2D eigenvalue weighted by atomic mass is 10.2. The van der Waals surface area contributed by atoms with Gasteiger partial charge in [0.25, 0.3) is 0 Å². The molecular weight excluding hydrogens is 536 g/mol. The van der Waals surface area contributed by atoms with Crippen molar-refractivity contribution in [2.75, 3.05) is 11.9 Å². The van der Waals surface area contributed by atoms with Gasteiger partial charge in [0.1, 0.15) is 16.7 Å². The Labute approximate surface area is 227 Å². The summed E-state index contributed by atoms with van der Waals surface area (Å²) in [5.41, 5.74) is -1.99. The molecule has 1 N–H and O–H groups in total. The van der Waals surface area contributed by atoms with Crippen LogP contribution in [0.15, 0.2) is 83.9 Å². The molecule has 1 heterocycles. The van der Waals surface area contributed by atoms with Crippen molar-refractivity contribution < 1.29 is 27.8 Å². The molecule has 0 unspecified atom stereocenters. The Balaban J connectivity index is 1.55. The molecule has 3 aromatic rings. The van der Waals surface area contributed by atoms with Gasteiger partial charge in [-0.25, -0.2) is 4.99 Å². The van der Waals surface area contributed by atoms with Crippen molar-refractivity contribution in [2.45, 2.75) is 30.7 Å². The molecule has 0 aromatic heterocycles. The van der Waals surface area contributed by atoms with Crippen molar-refractivity contribution in [2.24, 2.45) is 4.99 Å². The molecule has 0 bridgehead atoms. The molecule has 0 saturated carbocycles. The number of rotatable bonds is 9. The predicted molar refractivity (Wildman–Crippen MR) is 144 cm³/mol. The Kier molecular flexibility index (Phi) is 8.85. The van der Waals surface area contributed by atoms with Crippen LogP contribution in [0.2, 0.25) is 0 Å². The van der Waals surface area contributed by atoms with Crippen molar-refractivity contribution >= 4 is 51.7 Å². The molecule has 38 heavy (non-hydrogen) atoms. The van der Waals surface area contributed by atoms with Crippen LogP contribution in [-0.2, 0) is 16.1 Å². The van der Waals surface area contributed by atoms with Crippen molar-refractivity contribution in [3.8, 4) is 11.5 Å². The van der Waals surface area contributed by atoms with E-state index >= 15 is 0 Å². The van der Waals surface area contributed by atoms with Crippen molar-refractivity contribution in [1.29, 1.82) is 0 Å². The first kappa shape index (κ1) is 27.4. The van der Waals surface area contributed by atoms with Crippen molar-refractivity contribution in [3.63, 3.8) is 0 Å². The number of anilines is 1. The Bertz CT molecular complexity index is 1290. The van der Waals surface area contributed by atoms with Gasteiger partial charge in [0.2, 0.25) is 11.8 Å². The number of nitrogens with one attached hydrogen (secondary N) is 1. The van der Waals surface area contributed by atoms with Gasteiger partial charge in [-0.15, -0.1) is 8.78 Å². The van der Waals surface area contributed by atoms with Gasteiger partial charge >= 0.3 is 5.57 Å². The van der Waals surface area contributed by atoms with Crippen LogP contribution < -0.4 is 14.8 Å². The van der Waals surface area contributed by atoms with E-state index in [9.17, 15) is 18.4 Å². The second-order valence-electron chi connectivity index (χ2n) is 8.16. The number of carbonyl (C=O) groups excluding carboxylic acids is 2. The number of amidine groups is 1. The fourth-order valence-corrected chi connectivity index (χ4v) is 4.81. The standard InChI is InChI=1S/C27H24ClF2N3O4S/c1-2-36-21-12-8-19(9-13-21)31-25(35)23-16-24(34)33(17-18-6-4-3-5-7-18)26(38-23)32-20-10-14-22(15-11-20)37-27(28,29)30/h3-15,23H,2,16-17H2,1H3,(H,31,35)/t23-/m0/s1. The van der Waals surface area contributed by atoms with E-state index in [0.29, 0.717) is 28.9 Å². The molecule has 7 nitrogen and oxygen atoms in total. The van der Waals surface area contributed by atoms with Gasteiger partial charge in [-0.3, -0.25) is 14.5 Å². The Morgan fingerprint density at radius 2 is 1.74 bits per heavy atom. The zero-order valence-corrected chi connectivity index (χ0v) is 21.8. The number of aliphatic imine (C=N–C) groups is 1. The summed E-state index contributed by atoms with van der Waals surface area (Å²) in [6.07, 6.45) is -0.0169. The maximum absolute atomic E-state index is 13.2. The summed E-state index contributed by atoms with van der Waals surface area (Å²) in [4.78, 5) is 32.4. The third kappa shape index (κ3) is 7.69. The van der Waals surface area contributed by atoms with Gasteiger partial charge in [0, 0.05) is 23.7 Å². The first-order valence-corrected chi connectivity index (χ1v) is 12.9. The monoisotopic (exact) mass is 559 g/mol. The highest BCUT2D eigenvalue weighted by molar-refractivity contribution is 8.15. The van der Waals surface area contributed by atoms with Gasteiger partial charge in [0.05, 0.1) is 18.8 Å². The molecule has 0 aliphatic carbocycles. The molecule has 0 spiro atoms. The number of ether oxygens (including phenoxy) is 2. The van der Waals surface area contributed by atoms with Gasteiger partial charge in [-0.2, -0.15) is 0 Å². The minimum Gasteiger partial charge on any atom is -0.494 e. The maximum atomic E-state index is 13.2. The lowest BCUT2D eigenvalue weighted by Gasteiger charge is -2.32.